The van der Waals surface area contributed by atoms with Crippen LogP contribution in [0.4, 0.5) is 0 Å². The molecule has 0 fully saturated rings. The van der Waals surface area contributed by atoms with Crippen LogP contribution in [0.15, 0.2) is 29.3 Å². The van der Waals surface area contributed by atoms with Gasteiger partial charge in [0.1, 0.15) is 0 Å². The predicted molar refractivity (Wildman–Crippen MR) is 58.2 cm³/mol. The topological polar surface area (TPSA) is 48.0 Å². The fourth-order valence-electron chi connectivity index (χ4n) is 1.33. The van der Waals surface area contributed by atoms with Gasteiger partial charge in [0.2, 0.25) is 0 Å². The van der Waals surface area contributed by atoms with Gasteiger partial charge in [-0.1, -0.05) is 6.92 Å². The first kappa shape index (κ1) is 11.0. The van der Waals surface area contributed by atoms with Crippen LogP contribution in [-0.2, 0) is 6.54 Å². The largest absolute Gasteiger partial charge is 0.354 e. The minimum Gasteiger partial charge on any atom is -0.354 e. The van der Waals surface area contributed by atoms with Crippen molar-refractivity contribution in [2.45, 2.75) is 38.8 Å². The van der Waals surface area contributed by atoms with E-state index in [9.17, 15) is 4.79 Å². The van der Waals surface area contributed by atoms with Gasteiger partial charge in [-0.05, 0) is 19.3 Å². The number of nitrogens with zero attached hydrogens (tertiary/aromatic N) is 1. The van der Waals surface area contributed by atoms with Crippen LogP contribution in [0.5, 0.6) is 0 Å². The maximum Gasteiger partial charge on any atom is 0.181 e. The average Bonchev–Trinajstić information content (AvgIpc) is 2.21. The van der Waals surface area contributed by atoms with Crippen LogP contribution in [0, 0.1) is 0 Å². The molecule has 0 aliphatic carbocycles. The maximum atomic E-state index is 10.8. The van der Waals surface area contributed by atoms with Crippen LogP contribution in [-0.4, -0.2) is 10.6 Å². The third-order valence-electron chi connectivity index (χ3n) is 2.38. The zero-order valence-corrected chi connectivity index (χ0v) is 8.65. The number of rotatable bonds is 5. The van der Waals surface area contributed by atoms with Crippen molar-refractivity contribution in [3.05, 3.63) is 34.7 Å². The van der Waals surface area contributed by atoms with Crippen LogP contribution < -0.4 is 11.2 Å². The molecule has 1 aromatic rings. The Hall–Kier alpha value is -1.09. The average molecular weight is 194 g/mol. The molecule has 78 valence electrons. The Labute approximate surface area is 84.6 Å². The van der Waals surface area contributed by atoms with Crippen LogP contribution in [0.3, 0.4) is 0 Å². The molecular formula is C11H18N2O. The van der Waals surface area contributed by atoms with E-state index in [0.29, 0.717) is 6.04 Å². The maximum absolute atomic E-state index is 10.8. The third kappa shape index (κ3) is 3.75. The fourth-order valence-corrected chi connectivity index (χ4v) is 1.33. The van der Waals surface area contributed by atoms with Crippen molar-refractivity contribution in [3.8, 4) is 0 Å². The Morgan fingerprint density at radius 2 is 2.07 bits per heavy atom. The third-order valence-corrected chi connectivity index (χ3v) is 2.38. The minimum atomic E-state index is 0.0616. The van der Waals surface area contributed by atoms with E-state index in [1.165, 1.54) is 0 Å². The Bertz CT molecular complexity index is 299. The first-order valence-electron chi connectivity index (χ1n) is 5.14. The van der Waals surface area contributed by atoms with Crippen LogP contribution in [0.1, 0.15) is 26.2 Å². The molecule has 0 aliphatic heterocycles. The molecule has 2 N–H and O–H groups in total. The summed E-state index contributed by atoms with van der Waals surface area (Å²) in [4.78, 5) is 10.8. The molecule has 14 heavy (non-hydrogen) atoms. The lowest BCUT2D eigenvalue weighted by Crippen LogP contribution is -2.18. The summed E-state index contributed by atoms with van der Waals surface area (Å²) in [5, 5.41) is 0. The van der Waals surface area contributed by atoms with Crippen molar-refractivity contribution >= 4 is 0 Å². The SMILES string of the molecule is CCC(N)CCCn1ccc(=O)cc1. The predicted octanol–water partition coefficient (Wildman–Crippen LogP) is 1.37. The van der Waals surface area contributed by atoms with Crippen LogP contribution in [0.2, 0.25) is 0 Å². The van der Waals surface area contributed by atoms with Crippen molar-refractivity contribution in [1.29, 1.82) is 0 Å². The lowest BCUT2D eigenvalue weighted by Gasteiger charge is -2.09. The highest BCUT2D eigenvalue weighted by atomic mass is 16.1. The molecule has 0 amide bonds. The Morgan fingerprint density at radius 3 is 2.64 bits per heavy atom. The molecule has 0 bridgehead atoms. The van der Waals surface area contributed by atoms with Gasteiger partial charge in [-0.15, -0.1) is 0 Å². The second kappa shape index (κ2) is 5.60. The second-order valence-electron chi connectivity index (χ2n) is 3.58. The molecule has 1 unspecified atom stereocenters. The highest BCUT2D eigenvalue weighted by molar-refractivity contribution is 4.93. The smallest absolute Gasteiger partial charge is 0.181 e. The van der Waals surface area contributed by atoms with Crippen LogP contribution in [0.25, 0.3) is 0 Å². The molecule has 0 spiro atoms. The van der Waals surface area contributed by atoms with E-state index in [4.69, 9.17) is 5.73 Å². The molecular weight excluding hydrogens is 176 g/mol. The van der Waals surface area contributed by atoms with E-state index < -0.39 is 0 Å². The van der Waals surface area contributed by atoms with Crippen molar-refractivity contribution in [3.63, 3.8) is 0 Å². The lowest BCUT2D eigenvalue weighted by molar-refractivity contribution is 0.524. The number of aryl methyl sites for hydroxylation is 1. The molecule has 3 heteroatoms. The molecule has 0 saturated carbocycles. The first-order valence-corrected chi connectivity index (χ1v) is 5.14. The highest BCUT2D eigenvalue weighted by Gasteiger charge is 1.98. The Balaban J connectivity index is 2.31. The van der Waals surface area contributed by atoms with Gasteiger partial charge in [0.25, 0.3) is 0 Å². The number of hydrogen-bond acceptors (Lipinski definition) is 2. The minimum absolute atomic E-state index is 0.0616. The highest BCUT2D eigenvalue weighted by Crippen LogP contribution is 2.00. The first-order chi connectivity index (χ1) is 6.72. The molecule has 0 aliphatic rings. The number of aromatic nitrogens is 1. The number of nitrogens with two attached hydrogens (primary N) is 1. The quantitative estimate of drug-likeness (QED) is 0.769. The van der Waals surface area contributed by atoms with Crippen molar-refractivity contribution in [2.75, 3.05) is 0 Å². The monoisotopic (exact) mass is 194 g/mol. The van der Waals surface area contributed by atoms with Gasteiger partial charge in [0, 0.05) is 37.1 Å². The van der Waals surface area contributed by atoms with Crippen LogP contribution >= 0.6 is 0 Å². The van der Waals surface area contributed by atoms with E-state index in [0.717, 1.165) is 25.8 Å². The Kier molecular flexibility index (Phi) is 4.40. The standard InChI is InChI=1S/C11H18N2O/c1-2-10(12)4-3-7-13-8-5-11(14)6-9-13/h5-6,8-10H,2-4,7,12H2,1H3. The zero-order valence-electron chi connectivity index (χ0n) is 8.65. The summed E-state index contributed by atoms with van der Waals surface area (Å²) in [6.07, 6.45) is 6.78. The van der Waals surface area contributed by atoms with Gasteiger partial charge >= 0.3 is 0 Å². The van der Waals surface area contributed by atoms with E-state index in [1.807, 2.05) is 17.0 Å². The molecule has 3 nitrogen and oxygen atoms in total. The molecule has 1 atom stereocenters. The normalized spacial score (nSPS) is 12.7. The van der Waals surface area contributed by atoms with Gasteiger partial charge < -0.3 is 10.3 Å². The fraction of sp³-hybridized carbons (Fsp3) is 0.545. The van der Waals surface area contributed by atoms with E-state index >= 15 is 0 Å². The Morgan fingerprint density at radius 1 is 1.43 bits per heavy atom. The summed E-state index contributed by atoms with van der Waals surface area (Å²) in [6.45, 7) is 3.04. The molecule has 1 rings (SSSR count). The van der Waals surface area contributed by atoms with E-state index in [2.05, 4.69) is 6.92 Å². The molecule has 0 aromatic carbocycles. The van der Waals surface area contributed by atoms with Crippen molar-refractivity contribution in [2.24, 2.45) is 5.73 Å². The number of pyridine rings is 1. The molecule has 0 radical (unpaired) electrons. The van der Waals surface area contributed by atoms with Gasteiger partial charge in [-0.2, -0.15) is 0 Å². The molecule has 0 saturated heterocycles. The summed E-state index contributed by atoms with van der Waals surface area (Å²) in [6, 6.07) is 3.48. The van der Waals surface area contributed by atoms with Gasteiger partial charge in [0.05, 0.1) is 0 Å². The van der Waals surface area contributed by atoms with Gasteiger partial charge in [-0.3, -0.25) is 4.79 Å². The molecule has 1 aromatic heterocycles. The lowest BCUT2D eigenvalue weighted by atomic mass is 10.1. The molecule has 1 heterocycles. The summed E-state index contributed by atoms with van der Waals surface area (Å²) in [5.74, 6) is 0. The second-order valence-corrected chi connectivity index (χ2v) is 3.58. The van der Waals surface area contributed by atoms with Gasteiger partial charge in [0.15, 0.2) is 5.43 Å². The van der Waals surface area contributed by atoms with Gasteiger partial charge in [-0.25, -0.2) is 0 Å². The van der Waals surface area contributed by atoms with Crippen molar-refractivity contribution in [1.82, 2.24) is 4.57 Å². The van der Waals surface area contributed by atoms with E-state index in [1.54, 1.807) is 12.1 Å². The summed E-state index contributed by atoms with van der Waals surface area (Å²) >= 11 is 0. The summed E-state index contributed by atoms with van der Waals surface area (Å²) in [7, 11) is 0. The van der Waals surface area contributed by atoms with E-state index in [-0.39, 0.29) is 5.43 Å². The summed E-state index contributed by atoms with van der Waals surface area (Å²) < 4.78 is 2.02. The van der Waals surface area contributed by atoms with Crippen molar-refractivity contribution < 1.29 is 0 Å². The zero-order chi connectivity index (χ0) is 10.4. The number of hydrogen-bond donors (Lipinski definition) is 1. The summed E-state index contributed by atoms with van der Waals surface area (Å²) in [5.41, 5.74) is 5.86.